The fraction of sp³-hybridized carbons (Fsp3) is 0.133. The molecule has 0 saturated carbocycles. The number of halogens is 1. The van der Waals surface area contributed by atoms with Gasteiger partial charge < -0.3 is 19.9 Å². The topological polar surface area (TPSA) is 67.8 Å². The fourth-order valence-electron chi connectivity index (χ4n) is 1.77. The molecular formula is C15H14INO4. The summed E-state index contributed by atoms with van der Waals surface area (Å²) in [5.74, 6) is 0.664. The van der Waals surface area contributed by atoms with Crippen LogP contribution < -0.4 is 14.8 Å². The first-order valence-corrected chi connectivity index (χ1v) is 7.14. The van der Waals surface area contributed by atoms with Gasteiger partial charge in [-0.1, -0.05) is 0 Å². The first kappa shape index (κ1) is 15.4. The van der Waals surface area contributed by atoms with Gasteiger partial charge in [0.1, 0.15) is 17.2 Å². The van der Waals surface area contributed by atoms with Gasteiger partial charge in [0.2, 0.25) is 0 Å². The van der Waals surface area contributed by atoms with Crippen LogP contribution >= 0.6 is 22.6 Å². The first-order chi connectivity index (χ1) is 10.0. The minimum absolute atomic E-state index is 0.0669. The highest BCUT2D eigenvalue weighted by molar-refractivity contribution is 14.1. The maximum atomic E-state index is 12.2. The summed E-state index contributed by atoms with van der Waals surface area (Å²) < 4.78 is 11.2. The van der Waals surface area contributed by atoms with Gasteiger partial charge in [-0.05, 0) is 40.8 Å². The summed E-state index contributed by atoms with van der Waals surface area (Å²) in [5, 5.41) is 12.5. The second-order valence-electron chi connectivity index (χ2n) is 4.22. The third-order valence-corrected chi connectivity index (χ3v) is 3.48. The standard InChI is InChI=1S/C15H14INO4/c1-20-11-6-10(7-12(8-11)21-2)17-15(19)13-5-9(16)3-4-14(13)18/h3-8,18H,1-2H3,(H,17,19). The van der Waals surface area contributed by atoms with Crippen LogP contribution in [0, 0.1) is 3.57 Å². The number of amides is 1. The average molecular weight is 399 g/mol. The number of carbonyl (C=O) groups is 1. The van der Waals surface area contributed by atoms with Crippen LogP contribution in [-0.4, -0.2) is 25.2 Å². The van der Waals surface area contributed by atoms with Gasteiger partial charge in [-0.25, -0.2) is 0 Å². The molecule has 0 bridgehead atoms. The molecule has 0 atom stereocenters. The molecule has 0 aromatic heterocycles. The van der Waals surface area contributed by atoms with Gasteiger partial charge in [0.25, 0.3) is 5.91 Å². The maximum Gasteiger partial charge on any atom is 0.259 e. The molecule has 2 aromatic rings. The van der Waals surface area contributed by atoms with E-state index < -0.39 is 5.91 Å². The Morgan fingerprint density at radius 3 is 2.29 bits per heavy atom. The Morgan fingerprint density at radius 2 is 1.71 bits per heavy atom. The lowest BCUT2D eigenvalue weighted by atomic mass is 10.2. The van der Waals surface area contributed by atoms with Crippen molar-refractivity contribution in [2.75, 3.05) is 19.5 Å². The number of anilines is 1. The number of benzene rings is 2. The molecule has 0 unspecified atom stereocenters. The highest BCUT2D eigenvalue weighted by Crippen LogP contribution is 2.27. The lowest BCUT2D eigenvalue weighted by Gasteiger charge is -2.10. The Hall–Kier alpha value is -1.96. The zero-order valence-corrected chi connectivity index (χ0v) is 13.7. The van der Waals surface area contributed by atoms with Gasteiger partial charge in [-0.15, -0.1) is 0 Å². The van der Waals surface area contributed by atoms with Crippen LogP contribution in [0.15, 0.2) is 36.4 Å². The molecule has 110 valence electrons. The monoisotopic (exact) mass is 399 g/mol. The maximum absolute atomic E-state index is 12.2. The van der Waals surface area contributed by atoms with E-state index in [0.29, 0.717) is 17.2 Å². The summed E-state index contributed by atoms with van der Waals surface area (Å²) >= 11 is 2.08. The predicted octanol–water partition coefficient (Wildman–Crippen LogP) is 3.27. The number of hydrogen-bond donors (Lipinski definition) is 2. The van der Waals surface area contributed by atoms with Crippen LogP contribution in [0.3, 0.4) is 0 Å². The minimum Gasteiger partial charge on any atom is -0.507 e. The third-order valence-electron chi connectivity index (χ3n) is 2.81. The van der Waals surface area contributed by atoms with Gasteiger partial charge >= 0.3 is 0 Å². The summed E-state index contributed by atoms with van der Waals surface area (Å²) in [5.41, 5.74) is 0.734. The summed E-state index contributed by atoms with van der Waals surface area (Å²) in [6, 6.07) is 9.88. The smallest absolute Gasteiger partial charge is 0.259 e. The third kappa shape index (κ3) is 3.78. The Bertz CT molecular complexity index is 650. The second-order valence-corrected chi connectivity index (χ2v) is 5.46. The largest absolute Gasteiger partial charge is 0.507 e. The molecule has 0 aliphatic heterocycles. The molecule has 0 radical (unpaired) electrons. The number of carbonyl (C=O) groups excluding carboxylic acids is 1. The molecule has 0 spiro atoms. The van der Waals surface area contributed by atoms with E-state index in [1.165, 1.54) is 20.3 Å². The van der Waals surface area contributed by atoms with Gasteiger partial charge in [-0.2, -0.15) is 0 Å². The van der Waals surface area contributed by atoms with E-state index in [2.05, 4.69) is 27.9 Å². The number of hydrogen-bond acceptors (Lipinski definition) is 4. The molecule has 5 nitrogen and oxygen atoms in total. The zero-order valence-electron chi connectivity index (χ0n) is 11.5. The van der Waals surface area contributed by atoms with Crippen molar-refractivity contribution in [2.24, 2.45) is 0 Å². The SMILES string of the molecule is COc1cc(NC(=O)c2cc(I)ccc2O)cc(OC)c1. The number of ether oxygens (including phenoxy) is 2. The fourth-order valence-corrected chi connectivity index (χ4v) is 2.26. The molecule has 2 N–H and O–H groups in total. The minimum atomic E-state index is -0.402. The molecule has 0 saturated heterocycles. The van der Waals surface area contributed by atoms with Crippen LogP contribution in [0.5, 0.6) is 17.2 Å². The van der Waals surface area contributed by atoms with Crippen LogP contribution in [0.25, 0.3) is 0 Å². The number of nitrogens with one attached hydrogen (secondary N) is 1. The molecular weight excluding hydrogens is 385 g/mol. The summed E-state index contributed by atoms with van der Waals surface area (Å²) in [4.78, 5) is 12.2. The molecule has 0 heterocycles. The summed E-state index contributed by atoms with van der Waals surface area (Å²) in [7, 11) is 3.07. The predicted molar refractivity (Wildman–Crippen MR) is 88.3 cm³/mol. The van der Waals surface area contributed by atoms with Gasteiger partial charge in [0.05, 0.1) is 19.8 Å². The van der Waals surface area contributed by atoms with Crippen LogP contribution in [0.1, 0.15) is 10.4 Å². The molecule has 6 heteroatoms. The Balaban J connectivity index is 2.28. The Morgan fingerprint density at radius 1 is 1.10 bits per heavy atom. The molecule has 1 amide bonds. The number of aromatic hydroxyl groups is 1. The van der Waals surface area contributed by atoms with Crippen molar-refractivity contribution in [1.82, 2.24) is 0 Å². The molecule has 0 fully saturated rings. The summed E-state index contributed by atoms with van der Waals surface area (Å²) in [6.45, 7) is 0. The lowest BCUT2D eigenvalue weighted by molar-refractivity contribution is 0.102. The molecule has 2 rings (SSSR count). The van der Waals surface area contributed by atoms with E-state index in [4.69, 9.17) is 9.47 Å². The van der Waals surface area contributed by atoms with Crippen molar-refractivity contribution < 1.29 is 19.4 Å². The normalized spacial score (nSPS) is 10.0. The first-order valence-electron chi connectivity index (χ1n) is 6.06. The molecule has 0 aliphatic rings. The number of rotatable bonds is 4. The van der Waals surface area contributed by atoms with Crippen molar-refractivity contribution in [3.63, 3.8) is 0 Å². The van der Waals surface area contributed by atoms with E-state index in [0.717, 1.165) is 3.57 Å². The summed E-state index contributed by atoms with van der Waals surface area (Å²) in [6.07, 6.45) is 0. The van der Waals surface area contributed by atoms with E-state index in [9.17, 15) is 9.90 Å². The van der Waals surface area contributed by atoms with Crippen molar-refractivity contribution in [2.45, 2.75) is 0 Å². The van der Waals surface area contributed by atoms with Crippen molar-refractivity contribution >= 4 is 34.2 Å². The van der Waals surface area contributed by atoms with Crippen LogP contribution in [-0.2, 0) is 0 Å². The van der Waals surface area contributed by atoms with Crippen LogP contribution in [0.4, 0.5) is 5.69 Å². The Kier molecular flexibility index (Phi) is 4.89. The van der Waals surface area contributed by atoms with Crippen LogP contribution in [0.2, 0.25) is 0 Å². The van der Waals surface area contributed by atoms with E-state index >= 15 is 0 Å². The van der Waals surface area contributed by atoms with E-state index in [1.807, 2.05) is 0 Å². The van der Waals surface area contributed by atoms with Gasteiger partial charge in [0, 0.05) is 27.5 Å². The number of methoxy groups -OCH3 is 2. The second kappa shape index (κ2) is 6.66. The lowest BCUT2D eigenvalue weighted by Crippen LogP contribution is -2.12. The van der Waals surface area contributed by atoms with Gasteiger partial charge in [0.15, 0.2) is 0 Å². The van der Waals surface area contributed by atoms with Crippen molar-refractivity contribution in [1.29, 1.82) is 0 Å². The Labute approximate surface area is 136 Å². The molecule has 21 heavy (non-hydrogen) atoms. The van der Waals surface area contributed by atoms with E-state index in [-0.39, 0.29) is 11.3 Å². The quantitative estimate of drug-likeness (QED) is 0.775. The highest BCUT2D eigenvalue weighted by Gasteiger charge is 2.13. The number of phenolic OH excluding ortho intramolecular Hbond substituents is 1. The van der Waals surface area contributed by atoms with E-state index in [1.54, 1.807) is 30.3 Å². The molecule has 2 aromatic carbocycles. The van der Waals surface area contributed by atoms with Crippen molar-refractivity contribution in [3.05, 3.63) is 45.5 Å². The zero-order chi connectivity index (χ0) is 15.4. The molecule has 0 aliphatic carbocycles. The number of phenols is 1. The highest BCUT2D eigenvalue weighted by atomic mass is 127. The average Bonchev–Trinajstić information content (AvgIpc) is 2.49. The van der Waals surface area contributed by atoms with Gasteiger partial charge in [-0.3, -0.25) is 4.79 Å². The van der Waals surface area contributed by atoms with Crippen molar-refractivity contribution in [3.8, 4) is 17.2 Å².